The molecule has 1 aromatic heterocycles. The fraction of sp³-hybridized carbons (Fsp3) is 0.714. The zero-order chi connectivity index (χ0) is 11.3. The van der Waals surface area contributed by atoms with Crippen LogP contribution in [0.4, 0.5) is 13.2 Å². The number of alkyl halides is 3. The second-order valence-electron chi connectivity index (χ2n) is 2.72. The molecular formula is C7H11F3N4O. The molecule has 0 amide bonds. The van der Waals surface area contributed by atoms with E-state index in [-0.39, 0.29) is 6.54 Å². The van der Waals surface area contributed by atoms with Gasteiger partial charge in [-0.1, -0.05) is 0 Å². The van der Waals surface area contributed by atoms with Gasteiger partial charge in [-0.25, -0.2) is 9.67 Å². The molecule has 1 aromatic rings. The van der Waals surface area contributed by atoms with Gasteiger partial charge in [-0.15, -0.1) is 13.2 Å². The molecule has 0 atom stereocenters. The molecule has 0 bridgehead atoms. The summed E-state index contributed by atoms with van der Waals surface area (Å²) in [4.78, 5) is 3.87. The molecule has 0 aliphatic carbocycles. The lowest BCUT2D eigenvalue weighted by molar-refractivity contribution is -0.325. The van der Waals surface area contributed by atoms with Crippen molar-refractivity contribution >= 4 is 0 Å². The first-order valence-electron chi connectivity index (χ1n) is 4.25. The van der Waals surface area contributed by atoms with Crippen LogP contribution in [0.25, 0.3) is 0 Å². The molecule has 0 saturated heterocycles. The average Bonchev–Trinajstić information content (AvgIpc) is 2.51. The molecule has 1 N–H and O–H groups in total. The van der Waals surface area contributed by atoms with Crippen LogP contribution in [0, 0.1) is 0 Å². The van der Waals surface area contributed by atoms with Crippen LogP contribution in [0.5, 0.6) is 0 Å². The molecule has 0 spiro atoms. The van der Waals surface area contributed by atoms with E-state index in [1.54, 1.807) is 7.05 Å². The van der Waals surface area contributed by atoms with Gasteiger partial charge in [0, 0.05) is 0 Å². The SMILES string of the molecule is CNCc1ncnn1CCOC(F)(F)F. The molecule has 8 heteroatoms. The van der Waals surface area contributed by atoms with Crippen molar-refractivity contribution in [1.29, 1.82) is 0 Å². The molecule has 0 fully saturated rings. The summed E-state index contributed by atoms with van der Waals surface area (Å²) in [6.45, 7) is 0.00607. The maximum atomic E-state index is 11.7. The third kappa shape index (κ3) is 4.26. The summed E-state index contributed by atoms with van der Waals surface area (Å²) in [5.74, 6) is 0.572. The summed E-state index contributed by atoms with van der Waals surface area (Å²) in [6, 6.07) is 0. The predicted molar refractivity (Wildman–Crippen MR) is 44.8 cm³/mol. The second kappa shape index (κ2) is 5.08. The molecule has 1 heterocycles. The third-order valence-electron chi connectivity index (χ3n) is 1.60. The molecular weight excluding hydrogens is 213 g/mol. The standard InChI is InChI=1S/C7H11F3N4O/c1-11-4-6-12-5-13-14(6)2-3-15-7(8,9)10/h5,11H,2-4H2,1H3. The summed E-state index contributed by atoms with van der Waals surface area (Å²) in [6.07, 6.45) is -3.30. The van der Waals surface area contributed by atoms with E-state index in [1.807, 2.05) is 0 Å². The minimum Gasteiger partial charge on any atom is -0.313 e. The van der Waals surface area contributed by atoms with Crippen molar-refractivity contribution in [2.75, 3.05) is 13.7 Å². The van der Waals surface area contributed by atoms with Crippen molar-refractivity contribution in [2.24, 2.45) is 0 Å². The largest absolute Gasteiger partial charge is 0.522 e. The lowest BCUT2D eigenvalue weighted by Gasteiger charge is -2.08. The van der Waals surface area contributed by atoms with Crippen molar-refractivity contribution in [2.45, 2.75) is 19.5 Å². The van der Waals surface area contributed by atoms with Gasteiger partial charge in [-0.2, -0.15) is 5.10 Å². The fourth-order valence-electron chi connectivity index (χ4n) is 1.02. The molecule has 15 heavy (non-hydrogen) atoms. The van der Waals surface area contributed by atoms with E-state index >= 15 is 0 Å². The van der Waals surface area contributed by atoms with E-state index in [1.165, 1.54) is 11.0 Å². The molecule has 0 aliphatic heterocycles. The lowest BCUT2D eigenvalue weighted by Crippen LogP contribution is -2.20. The maximum absolute atomic E-state index is 11.7. The fourth-order valence-corrected chi connectivity index (χ4v) is 1.02. The van der Waals surface area contributed by atoms with E-state index < -0.39 is 13.0 Å². The number of hydrogen-bond donors (Lipinski definition) is 1. The highest BCUT2D eigenvalue weighted by Gasteiger charge is 2.28. The van der Waals surface area contributed by atoms with Gasteiger partial charge in [0.1, 0.15) is 12.2 Å². The van der Waals surface area contributed by atoms with E-state index in [4.69, 9.17) is 0 Å². The van der Waals surface area contributed by atoms with E-state index in [0.29, 0.717) is 12.4 Å². The minimum atomic E-state index is -4.59. The van der Waals surface area contributed by atoms with Crippen LogP contribution in [0.2, 0.25) is 0 Å². The van der Waals surface area contributed by atoms with E-state index in [9.17, 15) is 13.2 Å². The molecule has 0 aliphatic rings. The smallest absolute Gasteiger partial charge is 0.313 e. The predicted octanol–water partition coefficient (Wildman–Crippen LogP) is 0.534. The van der Waals surface area contributed by atoms with Crippen LogP contribution in [0.15, 0.2) is 6.33 Å². The van der Waals surface area contributed by atoms with Crippen LogP contribution in [-0.4, -0.2) is 34.8 Å². The Hall–Kier alpha value is -1.15. The topological polar surface area (TPSA) is 52.0 Å². The molecule has 5 nitrogen and oxygen atoms in total. The van der Waals surface area contributed by atoms with E-state index in [2.05, 4.69) is 20.1 Å². The van der Waals surface area contributed by atoms with Crippen molar-refractivity contribution in [3.63, 3.8) is 0 Å². The van der Waals surface area contributed by atoms with Crippen molar-refractivity contribution in [1.82, 2.24) is 20.1 Å². The quantitative estimate of drug-likeness (QED) is 0.792. The lowest BCUT2D eigenvalue weighted by atomic mass is 10.5. The summed E-state index contributed by atoms with van der Waals surface area (Å²) < 4.78 is 39.9. The Morgan fingerprint density at radius 2 is 2.27 bits per heavy atom. The Bertz CT molecular complexity index is 299. The van der Waals surface area contributed by atoms with Crippen molar-refractivity contribution < 1.29 is 17.9 Å². The van der Waals surface area contributed by atoms with Gasteiger partial charge >= 0.3 is 6.36 Å². The maximum Gasteiger partial charge on any atom is 0.522 e. The second-order valence-corrected chi connectivity index (χ2v) is 2.72. The molecule has 0 radical (unpaired) electrons. The summed E-state index contributed by atoms with van der Waals surface area (Å²) in [7, 11) is 1.71. The number of halogens is 3. The number of aromatic nitrogens is 3. The minimum absolute atomic E-state index is 0.0243. The molecule has 1 rings (SSSR count). The van der Waals surface area contributed by atoms with Crippen molar-refractivity contribution in [3.8, 4) is 0 Å². The first-order valence-corrected chi connectivity index (χ1v) is 4.25. The summed E-state index contributed by atoms with van der Waals surface area (Å²) in [5.41, 5.74) is 0. The van der Waals surface area contributed by atoms with Crippen LogP contribution in [0.1, 0.15) is 5.82 Å². The Morgan fingerprint density at radius 3 is 2.87 bits per heavy atom. The monoisotopic (exact) mass is 224 g/mol. The van der Waals surface area contributed by atoms with Crippen LogP contribution < -0.4 is 5.32 Å². The van der Waals surface area contributed by atoms with Gasteiger partial charge in [-0.05, 0) is 7.05 Å². The van der Waals surface area contributed by atoms with Gasteiger partial charge < -0.3 is 5.32 Å². The Balaban J connectivity index is 2.40. The number of ether oxygens (including phenoxy) is 1. The average molecular weight is 224 g/mol. The Morgan fingerprint density at radius 1 is 1.53 bits per heavy atom. The Labute approximate surface area is 84.2 Å². The molecule has 0 saturated carbocycles. The molecule has 86 valence electrons. The molecule has 0 aromatic carbocycles. The number of nitrogens with one attached hydrogen (secondary N) is 1. The van der Waals surface area contributed by atoms with E-state index in [0.717, 1.165) is 0 Å². The van der Waals surface area contributed by atoms with Gasteiger partial charge in [0.15, 0.2) is 0 Å². The van der Waals surface area contributed by atoms with Crippen molar-refractivity contribution in [3.05, 3.63) is 12.2 Å². The number of hydrogen-bond acceptors (Lipinski definition) is 4. The number of rotatable bonds is 5. The zero-order valence-electron chi connectivity index (χ0n) is 8.08. The highest BCUT2D eigenvalue weighted by Crippen LogP contribution is 2.15. The first kappa shape index (κ1) is 11.9. The normalized spacial score (nSPS) is 12.0. The van der Waals surface area contributed by atoms with Crippen LogP contribution in [-0.2, 0) is 17.8 Å². The third-order valence-corrected chi connectivity index (χ3v) is 1.60. The summed E-state index contributed by atoms with van der Waals surface area (Å²) in [5, 5.41) is 6.60. The van der Waals surface area contributed by atoms with Crippen LogP contribution >= 0.6 is 0 Å². The highest BCUT2D eigenvalue weighted by atomic mass is 19.4. The van der Waals surface area contributed by atoms with Crippen LogP contribution in [0.3, 0.4) is 0 Å². The van der Waals surface area contributed by atoms with Gasteiger partial charge in [0.05, 0.1) is 19.7 Å². The van der Waals surface area contributed by atoms with Gasteiger partial charge in [0.2, 0.25) is 0 Å². The molecule has 0 unspecified atom stereocenters. The first-order chi connectivity index (χ1) is 7.03. The van der Waals surface area contributed by atoms with Gasteiger partial charge in [-0.3, -0.25) is 4.74 Å². The highest BCUT2D eigenvalue weighted by molar-refractivity contribution is 4.82. The number of nitrogens with zero attached hydrogens (tertiary/aromatic N) is 3. The Kier molecular flexibility index (Phi) is 4.04. The zero-order valence-corrected chi connectivity index (χ0v) is 8.08. The van der Waals surface area contributed by atoms with Gasteiger partial charge in [0.25, 0.3) is 0 Å². The summed E-state index contributed by atoms with van der Waals surface area (Å²) >= 11 is 0.